The van der Waals surface area contributed by atoms with E-state index in [1.807, 2.05) is 0 Å². The molecule has 15 heteroatoms. The standard InChI is InChI=1S/C22H25F3N2O9S/c1-11(29)26-18-20(31)19(30)16(10-28)36-21(18)35-15-8-4-7-14(22(23,24)25)17(15)12-5-3-6-13(9-12)27(2)37(32,33)34/h3-9,16,18-21,28,30-31H,10H2,1-2H3,(H,26,29)(H,32,33,34)/t16-,18-,19+,20-,21-/m1/s1. The normalized spacial score (nSPS) is 24.4. The molecule has 5 atom stereocenters. The number of aliphatic hydroxyl groups excluding tert-OH is 3. The lowest BCUT2D eigenvalue weighted by Crippen LogP contribution is -2.65. The number of amides is 1. The van der Waals surface area contributed by atoms with Crippen LogP contribution >= 0.6 is 0 Å². The van der Waals surface area contributed by atoms with Crippen LogP contribution in [0.25, 0.3) is 11.1 Å². The fourth-order valence-electron chi connectivity index (χ4n) is 3.85. The predicted molar refractivity (Wildman–Crippen MR) is 123 cm³/mol. The van der Waals surface area contributed by atoms with Crippen LogP contribution in [0.5, 0.6) is 5.75 Å². The van der Waals surface area contributed by atoms with Crippen molar-refractivity contribution in [2.75, 3.05) is 18.0 Å². The molecule has 0 aliphatic carbocycles. The summed E-state index contributed by atoms with van der Waals surface area (Å²) in [6.07, 6.45) is -11.3. The molecule has 5 N–H and O–H groups in total. The zero-order chi connectivity index (χ0) is 27.7. The number of ether oxygens (including phenoxy) is 2. The van der Waals surface area contributed by atoms with Crippen molar-refractivity contribution in [2.24, 2.45) is 0 Å². The highest BCUT2D eigenvalue weighted by molar-refractivity contribution is 7.87. The number of nitrogens with zero attached hydrogens (tertiary/aromatic N) is 1. The van der Waals surface area contributed by atoms with E-state index in [-0.39, 0.29) is 11.3 Å². The quantitative estimate of drug-likeness (QED) is 0.315. The van der Waals surface area contributed by atoms with Gasteiger partial charge in [-0.3, -0.25) is 13.7 Å². The van der Waals surface area contributed by atoms with E-state index < -0.39 is 76.5 Å². The fraction of sp³-hybridized carbons (Fsp3) is 0.409. The van der Waals surface area contributed by atoms with E-state index in [0.717, 1.165) is 38.2 Å². The first kappa shape index (κ1) is 28.6. The van der Waals surface area contributed by atoms with Crippen molar-refractivity contribution >= 4 is 21.9 Å². The molecule has 0 aromatic heterocycles. The molecule has 1 amide bonds. The Bertz CT molecular complexity index is 1240. The van der Waals surface area contributed by atoms with Gasteiger partial charge in [-0.1, -0.05) is 18.2 Å². The minimum Gasteiger partial charge on any atom is -0.462 e. The van der Waals surface area contributed by atoms with E-state index >= 15 is 0 Å². The maximum absolute atomic E-state index is 14.0. The van der Waals surface area contributed by atoms with Crippen molar-refractivity contribution in [3.05, 3.63) is 48.0 Å². The number of hydrogen-bond acceptors (Lipinski definition) is 8. The molecular formula is C22H25F3N2O9S. The van der Waals surface area contributed by atoms with Crippen molar-refractivity contribution in [1.29, 1.82) is 0 Å². The molecule has 1 heterocycles. The Kier molecular flexibility index (Phi) is 8.36. The van der Waals surface area contributed by atoms with Crippen LogP contribution in [0, 0.1) is 0 Å². The number of aliphatic hydroxyl groups is 3. The summed E-state index contributed by atoms with van der Waals surface area (Å²) in [6, 6.07) is 6.37. The minimum absolute atomic E-state index is 0.151. The lowest BCUT2D eigenvalue weighted by Gasteiger charge is -2.42. The van der Waals surface area contributed by atoms with Gasteiger partial charge in [0.05, 0.1) is 17.9 Å². The number of hydrogen-bond donors (Lipinski definition) is 5. The SMILES string of the molecule is CC(=O)N[C@H]1[C@H](Oc2cccc(C(F)(F)F)c2-c2cccc(N(C)S(=O)(=O)O)c2)O[C@H](CO)[C@H](O)[C@@H]1O. The summed E-state index contributed by atoms with van der Waals surface area (Å²) < 4.78 is 86.1. The molecule has 204 valence electrons. The van der Waals surface area contributed by atoms with E-state index in [0.29, 0.717) is 4.31 Å². The second kappa shape index (κ2) is 10.8. The lowest BCUT2D eigenvalue weighted by molar-refractivity contribution is -0.244. The monoisotopic (exact) mass is 550 g/mol. The van der Waals surface area contributed by atoms with Gasteiger partial charge in [0.25, 0.3) is 0 Å². The first-order chi connectivity index (χ1) is 17.1. The van der Waals surface area contributed by atoms with Crippen LogP contribution in [0.15, 0.2) is 42.5 Å². The molecule has 0 radical (unpaired) electrons. The van der Waals surface area contributed by atoms with Gasteiger partial charge in [0, 0.05) is 19.5 Å². The highest BCUT2D eigenvalue weighted by atomic mass is 32.2. The summed E-state index contributed by atoms with van der Waals surface area (Å²) in [7, 11) is -3.72. The van der Waals surface area contributed by atoms with Gasteiger partial charge in [-0.2, -0.15) is 21.6 Å². The number of rotatable bonds is 7. The van der Waals surface area contributed by atoms with E-state index in [1.165, 1.54) is 18.2 Å². The highest BCUT2D eigenvalue weighted by Gasteiger charge is 2.46. The largest absolute Gasteiger partial charge is 0.462 e. The van der Waals surface area contributed by atoms with Crippen LogP contribution in [-0.2, 0) is 26.0 Å². The topological polar surface area (TPSA) is 166 Å². The Morgan fingerprint density at radius 2 is 1.81 bits per heavy atom. The van der Waals surface area contributed by atoms with Gasteiger partial charge < -0.3 is 30.1 Å². The summed E-state index contributed by atoms with van der Waals surface area (Å²) in [5.41, 5.74) is -2.01. The minimum atomic E-state index is -4.90. The van der Waals surface area contributed by atoms with Crippen molar-refractivity contribution in [1.82, 2.24) is 5.32 Å². The lowest BCUT2D eigenvalue weighted by atomic mass is 9.96. The Hall–Kier alpha value is -2.95. The number of carbonyl (C=O) groups excluding carboxylic acids is 1. The first-order valence-corrected chi connectivity index (χ1v) is 12.1. The Morgan fingerprint density at radius 3 is 2.38 bits per heavy atom. The van der Waals surface area contributed by atoms with Gasteiger partial charge in [0.2, 0.25) is 12.2 Å². The van der Waals surface area contributed by atoms with E-state index in [2.05, 4.69) is 5.32 Å². The molecular weight excluding hydrogens is 525 g/mol. The third kappa shape index (κ3) is 6.31. The van der Waals surface area contributed by atoms with Crippen LogP contribution < -0.4 is 14.4 Å². The van der Waals surface area contributed by atoms with Crippen molar-refractivity contribution < 1.29 is 55.7 Å². The molecule has 37 heavy (non-hydrogen) atoms. The molecule has 2 aromatic rings. The summed E-state index contributed by atoms with van der Waals surface area (Å²) in [5, 5.41) is 32.5. The summed E-state index contributed by atoms with van der Waals surface area (Å²) in [6.45, 7) is 0.325. The third-order valence-corrected chi connectivity index (χ3v) is 6.57. The number of benzene rings is 2. The number of halogens is 3. The molecule has 0 saturated carbocycles. The predicted octanol–water partition coefficient (Wildman–Crippen LogP) is 0.934. The Morgan fingerprint density at radius 1 is 1.16 bits per heavy atom. The average molecular weight is 551 g/mol. The van der Waals surface area contributed by atoms with Gasteiger partial charge in [0.1, 0.15) is 30.1 Å². The molecule has 0 bridgehead atoms. The molecule has 1 fully saturated rings. The van der Waals surface area contributed by atoms with Crippen LogP contribution in [-0.4, -0.2) is 78.5 Å². The number of anilines is 1. The number of carbonyl (C=O) groups is 1. The highest BCUT2D eigenvalue weighted by Crippen LogP contribution is 2.43. The molecule has 1 aliphatic heterocycles. The second-order valence-electron chi connectivity index (χ2n) is 8.22. The maximum atomic E-state index is 14.0. The van der Waals surface area contributed by atoms with Gasteiger partial charge >= 0.3 is 16.5 Å². The molecule has 11 nitrogen and oxygen atoms in total. The maximum Gasteiger partial charge on any atom is 0.417 e. The average Bonchev–Trinajstić information content (AvgIpc) is 2.81. The van der Waals surface area contributed by atoms with Gasteiger partial charge in [0.15, 0.2) is 0 Å². The molecule has 0 unspecified atom stereocenters. The Labute approximate surface area is 209 Å². The van der Waals surface area contributed by atoms with Crippen molar-refractivity contribution in [2.45, 2.75) is 43.7 Å². The van der Waals surface area contributed by atoms with E-state index in [9.17, 15) is 46.3 Å². The van der Waals surface area contributed by atoms with Gasteiger partial charge in [-0.05, 0) is 29.8 Å². The first-order valence-electron chi connectivity index (χ1n) is 10.7. The molecule has 1 aliphatic rings. The molecule has 1 saturated heterocycles. The van der Waals surface area contributed by atoms with Crippen LogP contribution in [0.1, 0.15) is 12.5 Å². The van der Waals surface area contributed by atoms with Crippen molar-refractivity contribution in [3.63, 3.8) is 0 Å². The molecule has 0 spiro atoms. The van der Waals surface area contributed by atoms with E-state index in [1.54, 1.807) is 0 Å². The van der Waals surface area contributed by atoms with E-state index in [4.69, 9.17) is 9.47 Å². The van der Waals surface area contributed by atoms with Crippen LogP contribution in [0.3, 0.4) is 0 Å². The summed E-state index contributed by atoms with van der Waals surface area (Å²) in [4.78, 5) is 11.7. The van der Waals surface area contributed by atoms with Crippen LogP contribution in [0.2, 0.25) is 0 Å². The summed E-state index contributed by atoms with van der Waals surface area (Å²) >= 11 is 0. The zero-order valence-electron chi connectivity index (χ0n) is 19.5. The number of nitrogens with one attached hydrogen (secondary N) is 1. The fourth-order valence-corrected chi connectivity index (χ4v) is 4.23. The smallest absolute Gasteiger partial charge is 0.417 e. The third-order valence-electron chi connectivity index (χ3n) is 5.67. The van der Waals surface area contributed by atoms with Gasteiger partial charge in [-0.25, -0.2) is 0 Å². The second-order valence-corrected chi connectivity index (χ2v) is 9.67. The zero-order valence-corrected chi connectivity index (χ0v) is 20.3. The van der Waals surface area contributed by atoms with Gasteiger partial charge in [-0.15, -0.1) is 0 Å². The Balaban J connectivity index is 2.15. The summed E-state index contributed by atoms with van der Waals surface area (Å²) in [5.74, 6) is -1.09. The van der Waals surface area contributed by atoms with Crippen LogP contribution in [0.4, 0.5) is 18.9 Å². The molecule has 3 rings (SSSR count). The molecule has 2 aromatic carbocycles. The number of alkyl halides is 3. The van der Waals surface area contributed by atoms with Crippen molar-refractivity contribution in [3.8, 4) is 16.9 Å².